The molecule has 1 aromatic carbocycles. The van der Waals surface area contributed by atoms with E-state index in [1.807, 2.05) is 29.0 Å². The van der Waals surface area contributed by atoms with Gasteiger partial charge in [-0.25, -0.2) is 4.98 Å². The van der Waals surface area contributed by atoms with Crippen molar-refractivity contribution in [1.29, 1.82) is 0 Å². The number of imidazole rings is 1. The molecule has 2 aliphatic rings. The quantitative estimate of drug-likeness (QED) is 0.915. The van der Waals surface area contributed by atoms with E-state index in [0.717, 1.165) is 18.4 Å². The summed E-state index contributed by atoms with van der Waals surface area (Å²) >= 11 is 0. The lowest BCUT2D eigenvalue weighted by molar-refractivity contribution is -0.117. The van der Waals surface area contributed by atoms with Crippen molar-refractivity contribution in [3.05, 3.63) is 48.3 Å². The van der Waals surface area contributed by atoms with Crippen molar-refractivity contribution in [2.24, 2.45) is 17.8 Å². The Bertz CT molecular complexity index is 679. The summed E-state index contributed by atoms with van der Waals surface area (Å²) in [6.45, 7) is 0.727. The summed E-state index contributed by atoms with van der Waals surface area (Å²) in [5.41, 5.74) is 1.20. The van der Waals surface area contributed by atoms with Crippen LogP contribution in [0.5, 0.6) is 0 Å². The van der Waals surface area contributed by atoms with Crippen LogP contribution in [0.2, 0.25) is 0 Å². The summed E-state index contributed by atoms with van der Waals surface area (Å²) in [5, 5.41) is 3.01. The Balaban J connectivity index is 1.37. The normalized spacial score (nSPS) is 25.7. The molecule has 0 spiro atoms. The summed E-state index contributed by atoms with van der Waals surface area (Å²) in [6.07, 6.45) is 9.61. The number of anilines is 1. The van der Waals surface area contributed by atoms with Gasteiger partial charge in [0.05, 0.1) is 6.54 Å². The first-order chi connectivity index (χ1) is 11.3. The summed E-state index contributed by atoms with van der Waals surface area (Å²) < 4.78 is 1.99. The molecule has 2 fully saturated rings. The van der Waals surface area contributed by atoms with Gasteiger partial charge in [-0.3, -0.25) is 10.1 Å². The van der Waals surface area contributed by atoms with Crippen LogP contribution in [-0.4, -0.2) is 15.5 Å². The molecule has 2 saturated carbocycles. The molecule has 4 nitrogen and oxygen atoms in total. The van der Waals surface area contributed by atoms with Gasteiger partial charge in [0.15, 0.2) is 0 Å². The number of hydrogen-bond acceptors (Lipinski definition) is 2. The minimum atomic E-state index is 0.114. The van der Waals surface area contributed by atoms with Crippen LogP contribution >= 0.6 is 0 Å². The first-order valence-electron chi connectivity index (χ1n) is 8.63. The molecule has 1 heterocycles. The first kappa shape index (κ1) is 14.5. The van der Waals surface area contributed by atoms with Gasteiger partial charge in [-0.15, -0.1) is 0 Å². The zero-order valence-corrected chi connectivity index (χ0v) is 13.3. The van der Waals surface area contributed by atoms with Crippen molar-refractivity contribution in [2.75, 3.05) is 5.32 Å². The average molecular weight is 309 g/mol. The highest BCUT2D eigenvalue weighted by molar-refractivity contribution is 5.89. The number of carbonyl (C=O) groups excluding carboxylic acids is 1. The van der Waals surface area contributed by atoms with Crippen LogP contribution in [0.25, 0.3) is 0 Å². The third kappa shape index (κ3) is 3.16. The average Bonchev–Trinajstić information content (AvgIpc) is 3.26. The minimum Gasteiger partial charge on any atom is -0.313 e. The number of carbonyl (C=O) groups is 1. The number of hydrogen-bond donors (Lipinski definition) is 1. The zero-order chi connectivity index (χ0) is 15.6. The van der Waals surface area contributed by atoms with Gasteiger partial charge in [-0.1, -0.05) is 36.8 Å². The Labute approximate surface area is 136 Å². The van der Waals surface area contributed by atoms with E-state index in [2.05, 4.69) is 22.4 Å². The Kier molecular flexibility index (Phi) is 3.90. The van der Waals surface area contributed by atoms with Crippen molar-refractivity contribution in [1.82, 2.24) is 9.55 Å². The van der Waals surface area contributed by atoms with E-state index in [0.29, 0.717) is 18.3 Å². The molecule has 2 aromatic rings. The summed E-state index contributed by atoms with van der Waals surface area (Å²) in [6, 6.07) is 10.2. The second kappa shape index (κ2) is 6.19. The molecule has 0 saturated heterocycles. The number of rotatable bonds is 5. The largest absolute Gasteiger partial charge is 0.313 e. The lowest BCUT2D eigenvalue weighted by Gasteiger charge is -2.20. The molecule has 4 heteroatoms. The summed E-state index contributed by atoms with van der Waals surface area (Å²) in [7, 11) is 0. The molecule has 23 heavy (non-hydrogen) atoms. The Morgan fingerprint density at radius 1 is 1.22 bits per heavy atom. The van der Waals surface area contributed by atoms with Crippen LogP contribution in [0.1, 0.15) is 37.7 Å². The number of nitrogens with one attached hydrogen (secondary N) is 1. The molecule has 4 rings (SSSR count). The molecule has 1 aromatic heterocycles. The maximum Gasteiger partial charge on any atom is 0.226 e. The van der Waals surface area contributed by atoms with Crippen molar-refractivity contribution in [2.45, 2.75) is 38.6 Å². The Hall–Kier alpha value is -2.10. The molecule has 0 unspecified atom stereocenters. The van der Waals surface area contributed by atoms with Gasteiger partial charge in [0.2, 0.25) is 11.9 Å². The number of nitrogens with zero attached hydrogens (tertiary/aromatic N) is 2. The molecular weight excluding hydrogens is 286 g/mol. The fourth-order valence-corrected chi connectivity index (χ4v) is 4.38. The van der Waals surface area contributed by atoms with Gasteiger partial charge < -0.3 is 4.57 Å². The Morgan fingerprint density at radius 2 is 2.09 bits per heavy atom. The van der Waals surface area contributed by atoms with Crippen LogP contribution in [0.3, 0.4) is 0 Å². The van der Waals surface area contributed by atoms with Gasteiger partial charge in [0.25, 0.3) is 0 Å². The highest BCUT2D eigenvalue weighted by Gasteiger charge is 2.40. The van der Waals surface area contributed by atoms with E-state index in [-0.39, 0.29) is 5.91 Å². The van der Waals surface area contributed by atoms with E-state index < -0.39 is 0 Å². The van der Waals surface area contributed by atoms with Crippen LogP contribution in [0.15, 0.2) is 42.7 Å². The molecule has 0 aliphatic heterocycles. The number of benzene rings is 1. The monoisotopic (exact) mass is 309 g/mol. The molecular formula is C19H23N3O. The number of amides is 1. The predicted octanol–water partition coefficient (Wildman–Crippen LogP) is 3.70. The van der Waals surface area contributed by atoms with Crippen molar-refractivity contribution in [3.8, 4) is 0 Å². The maximum atomic E-state index is 12.4. The molecule has 0 radical (unpaired) electrons. The van der Waals surface area contributed by atoms with Crippen LogP contribution in [0.4, 0.5) is 5.95 Å². The molecule has 120 valence electrons. The zero-order valence-electron chi connectivity index (χ0n) is 13.3. The standard InChI is InChI=1S/C19H23N3O/c23-18(12-17-11-15-6-7-16(17)10-15)21-19-20-8-9-22(19)13-14-4-2-1-3-5-14/h1-5,8-9,15-17H,6-7,10-13H2,(H,20,21,23)/t15-,16-,17-/m0/s1. The van der Waals surface area contributed by atoms with E-state index >= 15 is 0 Å². The van der Waals surface area contributed by atoms with Crippen LogP contribution in [-0.2, 0) is 11.3 Å². The van der Waals surface area contributed by atoms with Crippen molar-refractivity contribution in [3.63, 3.8) is 0 Å². The second-order valence-corrected chi connectivity index (χ2v) is 7.05. The van der Waals surface area contributed by atoms with E-state index in [4.69, 9.17) is 0 Å². The third-order valence-corrected chi connectivity index (χ3v) is 5.49. The second-order valence-electron chi connectivity index (χ2n) is 7.05. The topological polar surface area (TPSA) is 46.9 Å². The number of fused-ring (bicyclic) bond motifs is 2. The predicted molar refractivity (Wildman–Crippen MR) is 90.0 cm³/mol. The fraction of sp³-hybridized carbons (Fsp3) is 0.474. The van der Waals surface area contributed by atoms with E-state index in [9.17, 15) is 4.79 Å². The summed E-state index contributed by atoms with van der Waals surface area (Å²) in [5.74, 6) is 3.03. The van der Waals surface area contributed by atoms with Crippen molar-refractivity contribution >= 4 is 11.9 Å². The highest BCUT2D eigenvalue weighted by atomic mass is 16.1. The summed E-state index contributed by atoms with van der Waals surface area (Å²) in [4.78, 5) is 16.7. The lowest BCUT2D eigenvalue weighted by atomic mass is 9.86. The van der Waals surface area contributed by atoms with Gasteiger partial charge in [0.1, 0.15) is 0 Å². The van der Waals surface area contributed by atoms with Crippen LogP contribution < -0.4 is 5.32 Å². The Morgan fingerprint density at radius 3 is 2.83 bits per heavy atom. The van der Waals surface area contributed by atoms with E-state index in [1.54, 1.807) is 6.20 Å². The highest BCUT2D eigenvalue weighted by Crippen LogP contribution is 2.49. The molecule has 2 bridgehead atoms. The number of aromatic nitrogens is 2. The smallest absolute Gasteiger partial charge is 0.226 e. The molecule has 1 amide bonds. The SMILES string of the molecule is O=C(C[C@@H]1C[C@H]2CC[C@H]1C2)Nc1nccn1Cc1ccccc1. The van der Waals surface area contributed by atoms with Gasteiger partial charge in [-0.2, -0.15) is 0 Å². The van der Waals surface area contributed by atoms with E-state index in [1.165, 1.54) is 31.2 Å². The third-order valence-electron chi connectivity index (χ3n) is 5.49. The minimum absolute atomic E-state index is 0.114. The van der Waals surface area contributed by atoms with Crippen LogP contribution in [0, 0.1) is 17.8 Å². The molecule has 2 aliphatic carbocycles. The molecule has 1 N–H and O–H groups in total. The van der Waals surface area contributed by atoms with Gasteiger partial charge >= 0.3 is 0 Å². The van der Waals surface area contributed by atoms with Gasteiger partial charge in [-0.05, 0) is 42.6 Å². The molecule has 3 atom stereocenters. The van der Waals surface area contributed by atoms with Gasteiger partial charge in [0, 0.05) is 18.8 Å². The van der Waals surface area contributed by atoms with Crippen molar-refractivity contribution < 1.29 is 4.79 Å². The first-order valence-corrected chi connectivity index (χ1v) is 8.63. The fourth-order valence-electron chi connectivity index (χ4n) is 4.38. The lowest BCUT2D eigenvalue weighted by Crippen LogP contribution is -2.22. The maximum absolute atomic E-state index is 12.4.